The lowest BCUT2D eigenvalue weighted by atomic mass is 9.96. The standard InChI is InChI=1S/C25H34N2O4S/c1-18(2)16-23(20-8-6-5-7-9-20)26-25(28)22-17-21(10-11-24(22)31-4)32(29,30)27-14-12-19(3)13-15-27/h5-11,17-19,23H,12-16H2,1-4H3,(H,26,28)/t23-/m0/s1. The van der Waals surface area contributed by atoms with E-state index in [1.807, 2.05) is 30.3 Å². The van der Waals surface area contributed by atoms with Gasteiger partial charge in [-0.15, -0.1) is 0 Å². The van der Waals surface area contributed by atoms with Gasteiger partial charge in [-0.05, 0) is 54.9 Å². The first-order valence-corrected chi connectivity index (χ1v) is 12.7. The van der Waals surface area contributed by atoms with Crippen molar-refractivity contribution in [1.82, 2.24) is 9.62 Å². The van der Waals surface area contributed by atoms with Gasteiger partial charge in [-0.2, -0.15) is 4.31 Å². The molecule has 1 aliphatic heterocycles. The molecule has 1 heterocycles. The van der Waals surface area contributed by atoms with Gasteiger partial charge in [0.1, 0.15) is 5.75 Å². The highest BCUT2D eigenvalue weighted by molar-refractivity contribution is 7.89. The van der Waals surface area contributed by atoms with Gasteiger partial charge in [0.15, 0.2) is 0 Å². The second-order valence-electron chi connectivity index (χ2n) is 9.01. The molecule has 7 heteroatoms. The van der Waals surface area contributed by atoms with Crippen LogP contribution in [-0.4, -0.2) is 38.8 Å². The zero-order valence-corrected chi connectivity index (χ0v) is 20.2. The van der Waals surface area contributed by atoms with Gasteiger partial charge in [-0.25, -0.2) is 8.42 Å². The molecular formula is C25H34N2O4S. The summed E-state index contributed by atoms with van der Waals surface area (Å²) in [6.07, 6.45) is 2.45. The minimum atomic E-state index is -3.67. The second-order valence-corrected chi connectivity index (χ2v) is 11.0. The van der Waals surface area contributed by atoms with Crippen molar-refractivity contribution >= 4 is 15.9 Å². The van der Waals surface area contributed by atoms with Crippen molar-refractivity contribution in [2.24, 2.45) is 11.8 Å². The Morgan fingerprint density at radius 1 is 1.12 bits per heavy atom. The minimum Gasteiger partial charge on any atom is -0.496 e. The maximum atomic E-state index is 13.3. The van der Waals surface area contributed by atoms with E-state index in [1.165, 1.54) is 23.5 Å². The molecule has 0 unspecified atom stereocenters. The zero-order valence-electron chi connectivity index (χ0n) is 19.4. The Balaban J connectivity index is 1.89. The lowest BCUT2D eigenvalue weighted by Crippen LogP contribution is -2.38. The van der Waals surface area contributed by atoms with Gasteiger partial charge >= 0.3 is 0 Å². The molecule has 0 radical (unpaired) electrons. The molecule has 0 aromatic heterocycles. The number of nitrogens with one attached hydrogen (secondary N) is 1. The van der Waals surface area contributed by atoms with Gasteiger partial charge in [0.2, 0.25) is 10.0 Å². The quantitative estimate of drug-likeness (QED) is 0.626. The third-order valence-electron chi connectivity index (χ3n) is 6.01. The van der Waals surface area contributed by atoms with Crippen LogP contribution in [0.3, 0.4) is 0 Å². The Labute approximate surface area is 192 Å². The average Bonchev–Trinajstić information content (AvgIpc) is 2.78. The van der Waals surface area contributed by atoms with Crippen LogP contribution in [0.15, 0.2) is 53.4 Å². The Kier molecular flexibility index (Phi) is 7.96. The average molecular weight is 459 g/mol. The summed E-state index contributed by atoms with van der Waals surface area (Å²) in [7, 11) is -2.19. The highest BCUT2D eigenvalue weighted by atomic mass is 32.2. The number of rotatable bonds is 8. The monoisotopic (exact) mass is 458 g/mol. The molecule has 0 bridgehead atoms. The van der Waals surface area contributed by atoms with E-state index in [4.69, 9.17) is 4.74 Å². The molecule has 1 aliphatic rings. The van der Waals surface area contributed by atoms with Crippen LogP contribution < -0.4 is 10.1 Å². The van der Waals surface area contributed by atoms with Gasteiger partial charge in [0.05, 0.1) is 23.6 Å². The SMILES string of the molecule is COc1ccc(S(=O)(=O)N2CCC(C)CC2)cc1C(=O)N[C@@H](CC(C)C)c1ccccc1. The van der Waals surface area contributed by atoms with Gasteiger partial charge in [-0.3, -0.25) is 4.79 Å². The van der Waals surface area contributed by atoms with Crippen molar-refractivity contribution in [3.05, 3.63) is 59.7 Å². The summed E-state index contributed by atoms with van der Waals surface area (Å²) in [5.74, 6) is 0.899. The van der Waals surface area contributed by atoms with E-state index in [-0.39, 0.29) is 22.4 Å². The molecule has 32 heavy (non-hydrogen) atoms. The zero-order chi connectivity index (χ0) is 23.3. The lowest BCUT2D eigenvalue weighted by molar-refractivity contribution is 0.0928. The van der Waals surface area contributed by atoms with Gasteiger partial charge in [0.25, 0.3) is 5.91 Å². The van der Waals surface area contributed by atoms with Gasteiger partial charge in [-0.1, -0.05) is 51.1 Å². The largest absolute Gasteiger partial charge is 0.496 e. The number of amides is 1. The molecular weight excluding hydrogens is 424 g/mol. The van der Waals surface area contributed by atoms with Crippen molar-refractivity contribution in [3.8, 4) is 5.75 Å². The maximum absolute atomic E-state index is 13.3. The van der Waals surface area contributed by atoms with Crippen LogP contribution in [-0.2, 0) is 10.0 Å². The Hall–Kier alpha value is -2.38. The summed E-state index contributed by atoms with van der Waals surface area (Å²) in [6, 6.07) is 14.2. The predicted molar refractivity (Wildman–Crippen MR) is 126 cm³/mol. The fraction of sp³-hybridized carbons (Fsp3) is 0.480. The number of piperidine rings is 1. The van der Waals surface area contributed by atoms with Crippen molar-refractivity contribution in [2.45, 2.75) is 51.0 Å². The summed E-state index contributed by atoms with van der Waals surface area (Å²) >= 11 is 0. The molecule has 0 spiro atoms. The molecule has 2 aromatic rings. The van der Waals surface area contributed by atoms with E-state index < -0.39 is 10.0 Å². The normalized spacial score (nSPS) is 16.7. The first-order valence-electron chi connectivity index (χ1n) is 11.3. The maximum Gasteiger partial charge on any atom is 0.255 e. The van der Waals surface area contributed by atoms with E-state index in [2.05, 4.69) is 26.1 Å². The third-order valence-corrected chi connectivity index (χ3v) is 7.90. The van der Waals surface area contributed by atoms with E-state index in [9.17, 15) is 13.2 Å². The van der Waals surface area contributed by atoms with Crippen molar-refractivity contribution in [1.29, 1.82) is 0 Å². The molecule has 1 amide bonds. The molecule has 2 aromatic carbocycles. The molecule has 6 nitrogen and oxygen atoms in total. The molecule has 1 N–H and O–H groups in total. The highest BCUT2D eigenvalue weighted by Crippen LogP contribution is 2.29. The van der Waals surface area contributed by atoms with Crippen LogP contribution in [0.25, 0.3) is 0 Å². The summed E-state index contributed by atoms with van der Waals surface area (Å²) in [4.78, 5) is 13.4. The summed E-state index contributed by atoms with van der Waals surface area (Å²) < 4.78 is 33.3. The number of hydrogen-bond acceptors (Lipinski definition) is 4. The number of nitrogens with zero attached hydrogens (tertiary/aromatic N) is 1. The van der Waals surface area contributed by atoms with Crippen LogP contribution in [0.5, 0.6) is 5.75 Å². The van der Waals surface area contributed by atoms with E-state index in [1.54, 1.807) is 6.07 Å². The molecule has 174 valence electrons. The Morgan fingerprint density at radius 3 is 2.38 bits per heavy atom. The van der Waals surface area contributed by atoms with Crippen molar-refractivity contribution in [2.75, 3.05) is 20.2 Å². The highest BCUT2D eigenvalue weighted by Gasteiger charge is 2.30. The number of methoxy groups -OCH3 is 1. The molecule has 1 saturated heterocycles. The predicted octanol–water partition coefficient (Wildman–Crippen LogP) is 4.63. The van der Waals surface area contributed by atoms with Crippen molar-refractivity contribution < 1.29 is 17.9 Å². The molecule has 3 rings (SSSR count). The first-order chi connectivity index (χ1) is 15.2. The number of hydrogen-bond donors (Lipinski definition) is 1. The number of carbonyl (C=O) groups is 1. The number of sulfonamides is 1. The van der Waals surface area contributed by atoms with E-state index in [0.717, 1.165) is 24.8 Å². The fourth-order valence-corrected chi connectivity index (χ4v) is 5.57. The third kappa shape index (κ3) is 5.70. The number of carbonyl (C=O) groups excluding carboxylic acids is 1. The summed E-state index contributed by atoms with van der Waals surface area (Å²) in [5, 5.41) is 3.09. The van der Waals surface area contributed by atoms with Gasteiger partial charge < -0.3 is 10.1 Å². The second kappa shape index (κ2) is 10.5. The minimum absolute atomic E-state index is 0.123. The van der Waals surface area contributed by atoms with E-state index in [0.29, 0.717) is 30.7 Å². The Bertz CT molecular complexity index is 1010. The van der Waals surface area contributed by atoms with E-state index >= 15 is 0 Å². The molecule has 0 saturated carbocycles. The van der Waals surface area contributed by atoms with Crippen LogP contribution in [0.2, 0.25) is 0 Å². The summed E-state index contributed by atoms with van der Waals surface area (Å²) in [5.41, 5.74) is 1.24. The first kappa shape index (κ1) is 24.3. The van der Waals surface area contributed by atoms with Crippen molar-refractivity contribution in [3.63, 3.8) is 0 Å². The topological polar surface area (TPSA) is 75.7 Å². The molecule has 1 atom stereocenters. The smallest absolute Gasteiger partial charge is 0.255 e. The van der Waals surface area contributed by atoms with Crippen LogP contribution in [0.4, 0.5) is 0 Å². The fourth-order valence-electron chi connectivity index (χ4n) is 4.07. The lowest BCUT2D eigenvalue weighted by Gasteiger charge is -2.29. The van der Waals surface area contributed by atoms with Crippen LogP contribution in [0.1, 0.15) is 62.0 Å². The Morgan fingerprint density at radius 2 is 1.78 bits per heavy atom. The summed E-state index contributed by atoms with van der Waals surface area (Å²) in [6.45, 7) is 7.36. The van der Waals surface area contributed by atoms with Crippen LogP contribution >= 0.6 is 0 Å². The molecule has 0 aliphatic carbocycles. The van der Waals surface area contributed by atoms with Crippen LogP contribution in [0, 0.1) is 11.8 Å². The molecule has 1 fully saturated rings. The van der Waals surface area contributed by atoms with Gasteiger partial charge in [0, 0.05) is 13.1 Å². The number of ether oxygens (including phenoxy) is 1. The number of benzene rings is 2.